The van der Waals surface area contributed by atoms with Crippen LogP contribution in [0.5, 0.6) is 5.75 Å². The van der Waals surface area contributed by atoms with E-state index in [1.165, 1.54) is 19.2 Å². The maximum Gasteiger partial charge on any atom is 0.264 e. The molecule has 0 saturated carbocycles. The lowest BCUT2D eigenvalue weighted by Crippen LogP contribution is -2.39. The molecule has 0 saturated heterocycles. The van der Waals surface area contributed by atoms with E-state index in [2.05, 4.69) is 15.8 Å². The number of carbonyl (C=O) groups excluding carboxylic acids is 2. The van der Waals surface area contributed by atoms with Crippen molar-refractivity contribution in [2.24, 2.45) is 5.10 Å². The van der Waals surface area contributed by atoms with Gasteiger partial charge in [0.25, 0.3) is 21.8 Å². The summed E-state index contributed by atoms with van der Waals surface area (Å²) < 4.78 is 33.2. The van der Waals surface area contributed by atoms with E-state index in [9.17, 15) is 18.0 Å². The van der Waals surface area contributed by atoms with Gasteiger partial charge in [0, 0.05) is 17.3 Å². The SMILES string of the molecule is COc1cccc(N(CC(=O)N/N=C(/C)c2ccc(NC(=O)c3ccccc3)cc2)S(=O)(=O)c2ccccc2)c1. The first kappa shape index (κ1) is 28.1. The number of methoxy groups -OCH3 is 1. The molecule has 0 aliphatic carbocycles. The van der Waals surface area contributed by atoms with E-state index < -0.39 is 22.5 Å². The topological polar surface area (TPSA) is 117 Å². The number of hydrazone groups is 1. The highest BCUT2D eigenvalue weighted by molar-refractivity contribution is 7.92. The number of nitrogens with one attached hydrogen (secondary N) is 2. The number of ether oxygens (including phenoxy) is 1. The Bertz CT molecular complexity index is 1610. The summed E-state index contributed by atoms with van der Waals surface area (Å²) in [5.74, 6) is -0.408. The van der Waals surface area contributed by atoms with Crippen LogP contribution in [0.3, 0.4) is 0 Å². The van der Waals surface area contributed by atoms with Crippen LogP contribution in [0.1, 0.15) is 22.8 Å². The van der Waals surface area contributed by atoms with Crippen LogP contribution in [-0.4, -0.2) is 39.6 Å². The summed E-state index contributed by atoms with van der Waals surface area (Å²) in [5, 5.41) is 6.98. The number of nitrogens with zero attached hydrogens (tertiary/aromatic N) is 2. The zero-order valence-corrected chi connectivity index (χ0v) is 22.8. The number of hydrogen-bond donors (Lipinski definition) is 2. The van der Waals surface area contributed by atoms with Crippen molar-refractivity contribution in [3.05, 3.63) is 120 Å². The van der Waals surface area contributed by atoms with Crippen LogP contribution in [0.4, 0.5) is 11.4 Å². The number of hydrogen-bond acceptors (Lipinski definition) is 6. The van der Waals surface area contributed by atoms with E-state index in [1.807, 2.05) is 6.07 Å². The molecule has 204 valence electrons. The molecule has 2 N–H and O–H groups in total. The minimum Gasteiger partial charge on any atom is -0.497 e. The van der Waals surface area contributed by atoms with Crippen molar-refractivity contribution in [3.63, 3.8) is 0 Å². The molecule has 0 unspecified atom stereocenters. The Morgan fingerprint density at radius 2 is 1.48 bits per heavy atom. The van der Waals surface area contributed by atoms with Crippen molar-refractivity contribution in [2.75, 3.05) is 23.3 Å². The number of sulfonamides is 1. The minimum atomic E-state index is -4.07. The van der Waals surface area contributed by atoms with Gasteiger partial charge >= 0.3 is 0 Å². The third kappa shape index (κ3) is 6.91. The summed E-state index contributed by atoms with van der Waals surface area (Å²) in [5.41, 5.74) is 5.07. The number of rotatable bonds is 10. The molecule has 0 radical (unpaired) electrons. The Labute approximate surface area is 233 Å². The smallest absolute Gasteiger partial charge is 0.264 e. The quantitative estimate of drug-likeness (QED) is 0.217. The molecule has 0 spiro atoms. The summed E-state index contributed by atoms with van der Waals surface area (Å²) in [6.45, 7) is 1.20. The summed E-state index contributed by atoms with van der Waals surface area (Å²) in [7, 11) is -2.59. The third-order valence-corrected chi connectivity index (χ3v) is 7.69. The maximum atomic E-state index is 13.5. The molecule has 0 bridgehead atoms. The molecule has 4 aromatic rings. The van der Waals surface area contributed by atoms with Gasteiger partial charge in [-0.3, -0.25) is 13.9 Å². The lowest BCUT2D eigenvalue weighted by Gasteiger charge is -2.24. The highest BCUT2D eigenvalue weighted by atomic mass is 32.2. The normalized spacial score (nSPS) is 11.4. The third-order valence-electron chi connectivity index (χ3n) is 5.90. The summed E-state index contributed by atoms with van der Waals surface area (Å²) in [4.78, 5) is 25.3. The van der Waals surface area contributed by atoms with Crippen molar-refractivity contribution in [3.8, 4) is 5.75 Å². The average Bonchev–Trinajstić information content (AvgIpc) is 2.99. The predicted octanol–water partition coefficient (Wildman–Crippen LogP) is 4.68. The molecule has 9 nitrogen and oxygen atoms in total. The fraction of sp³-hybridized carbons (Fsp3) is 0.100. The zero-order valence-electron chi connectivity index (χ0n) is 21.9. The molecule has 0 aromatic heterocycles. The van der Waals surface area contributed by atoms with Crippen LogP contribution < -0.4 is 19.8 Å². The van der Waals surface area contributed by atoms with Gasteiger partial charge in [0.1, 0.15) is 12.3 Å². The number of anilines is 2. The lowest BCUT2D eigenvalue weighted by molar-refractivity contribution is -0.119. The van der Waals surface area contributed by atoms with Crippen LogP contribution in [0.2, 0.25) is 0 Å². The fourth-order valence-electron chi connectivity index (χ4n) is 3.76. The second-order valence-corrected chi connectivity index (χ2v) is 10.5. The van der Waals surface area contributed by atoms with Gasteiger partial charge in [-0.05, 0) is 61.0 Å². The molecule has 0 aliphatic heterocycles. The monoisotopic (exact) mass is 556 g/mol. The van der Waals surface area contributed by atoms with Crippen LogP contribution in [0, 0.1) is 0 Å². The van der Waals surface area contributed by atoms with Gasteiger partial charge in [-0.25, -0.2) is 13.8 Å². The molecule has 0 fully saturated rings. The Balaban J connectivity index is 1.47. The largest absolute Gasteiger partial charge is 0.497 e. The molecule has 10 heteroatoms. The van der Waals surface area contributed by atoms with Crippen molar-refractivity contribution < 1.29 is 22.7 Å². The van der Waals surface area contributed by atoms with Gasteiger partial charge in [0.2, 0.25) is 0 Å². The van der Waals surface area contributed by atoms with Gasteiger partial charge in [0.05, 0.1) is 23.4 Å². The van der Waals surface area contributed by atoms with Crippen molar-refractivity contribution in [1.29, 1.82) is 0 Å². The van der Waals surface area contributed by atoms with Gasteiger partial charge in [0.15, 0.2) is 0 Å². The Morgan fingerprint density at radius 1 is 0.825 bits per heavy atom. The van der Waals surface area contributed by atoms with E-state index in [0.717, 1.165) is 4.31 Å². The summed E-state index contributed by atoms with van der Waals surface area (Å²) >= 11 is 0. The lowest BCUT2D eigenvalue weighted by atomic mass is 10.1. The van der Waals surface area contributed by atoms with Crippen LogP contribution in [0.15, 0.2) is 119 Å². The molecule has 40 heavy (non-hydrogen) atoms. The van der Waals surface area contributed by atoms with Gasteiger partial charge in [-0.15, -0.1) is 0 Å². The molecule has 4 rings (SSSR count). The first-order valence-corrected chi connectivity index (χ1v) is 13.7. The number of carbonyl (C=O) groups is 2. The van der Waals surface area contributed by atoms with Gasteiger partial charge in [-0.1, -0.05) is 54.6 Å². The molecule has 2 amide bonds. The Hall–Kier alpha value is -4.96. The van der Waals surface area contributed by atoms with Crippen LogP contribution in [-0.2, 0) is 14.8 Å². The van der Waals surface area contributed by atoms with Gasteiger partial charge < -0.3 is 10.1 Å². The predicted molar refractivity (Wildman–Crippen MR) is 155 cm³/mol. The molecule has 4 aromatic carbocycles. The first-order chi connectivity index (χ1) is 19.3. The van der Waals surface area contributed by atoms with Crippen molar-refractivity contribution in [2.45, 2.75) is 11.8 Å². The van der Waals surface area contributed by atoms with Crippen molar-refractivity contribution >= 4 is 38.9 Å². The minimum absolute atomic E-state index is 0.0461. The number of benzene rings is 4. The zero-order chi connectivity index (χ0) is 28.5. The highest BCUT2D eigenvalue weighted by Crippen LogP contribution is 2.26. The molecule has 0 aliphatic rings. The Morgan fingerprint density at radius 3 is 2.12 bits per heavy atom. The van der Waals surface area contributed by atoms with Gasteiger partial charge in [-0.2, -0.15) is 5.10 Å². The molecule has 0 heterocycles. The Kier molecular flexibility index (Phi) is 8.93. The average molecular weight is 557 g/mol. The molecular formula is C30H28N4O5S. The molecular weight excluding hydrogens is 528 g/mol. The van der Waals surface area contributed by atoms with Crippen molar-refractivity contribution in [1.82, 2.24) is 5.43 Å². The van der Waals surface area contributed by atoms with Crippen LogP contribution in [0.25, 0.3) is 0 Å². The fourth-order valence-corrected chi connectivity index (χ4v) is 5.20. The maximum absolute atomic E-state index is 13.5. The van der Waals surface area contributed by atoms with E-state index >= 15 is 0 Å². The van der Waals surface area contributed by atoms with E-state index in [4.69, 9.17) is 4.74 Å². The first-order valence-electron chi connectivity index (χ1n) is 12.3. The highest BCUT2D eigenvalue weighted by Gasteiger charge is 2.27. The van der Waals surface area contributed by atoms with E-state index in [1.54, 1.807) is 97.9 Å². The second kappa shape index (κ2) is 12.7. The van der Waals surface area contributed by atoms with Crippen LogP contribution >= 0.6 is 0 Å². The standard InChI is InChI=1S/C30H28N4O5S/c1-22(23-16-18-25(19-17-23)31-30(36)24-10-5-3-6-11-24)32-33-29(35)21-34(26-12-9-13-27(20-26)39-2)40(37,38)28-14-7-4-8-15-28/h3-20H,21H2,1-2H3,(H,31,36)(H,33,35)/b32-22-. The number of amides is 2. The van der Waals surface area contributed by atoms with E-state index in [-0.39, 0.29) is 16.5 Å². The van der Waals surface area contributed by atoms with E-state index in [0.29, 0.717) is 28.3 Å². The summed E-state index contributed by atoms with van der Waals surface area (Å²) in [6.07, 6.45) is 0. The summed E-state index contributed by atoms with van der Waals surface area (Å²) in [6, 6.07) is 30.2. The molecule has 0 atom stereocenters. The second-order valence-electron chi connectivity index (χ2n) is 8.66.